The average Bonchev–Trinajstić information content (AvgIpc) is 3.57. The lowest BCUT2D eigenvalue weighted by Gasteiger charge is -2.23. The van der Waals surface area contributed by atoms with Crippen molar-refractivity contribution in [2.24, 2.45) is 0 Å². The van der Waals surface area contributed by atoms with Gasteiger partial charge >= 0.3 is 0 Å². The van der Waals surface area contributed by atoms with Crippen LogP contribution in [-0.2, 0) is 19.6 Å². The molecule has 3 N–H and O–H groups in total. The quantitative estimate of drug-likeness (QED) is 0.295. The number of rotatable bonds is 12. The molecule has 9 nitrogen and oxygen atoms in total. The van der Waals surface area contributed by atoms with Gasteiger partial charge in [-0.05, 0) is 61.1 Å². The van der Waals surface area contributed by atoms with Crippen molar-refractivity contribution in [2.75, 3.05) is 51.4 Å². The van der Waals surface area contributed by atoms with E-state index in [1.807, 2.05) is 6.07 Å². The molecule has 3 aromatic rings. The van der Waals surface area contributed by atoms with Crippen molar-refractivity contribution in [3.8, 4) is 22.8 Å². The fraction of sp³-hybridized carbons (Fsp3) is 0.484. The van der Waals surface area contributed by atoms with Crippen LogP contribution in [0.5, 0.6) is 11.6 Å². The number of methoxy groups -OCH3 is 1. The molecular formula is C31H41N5O4. The minimum Gasteiger partial charge on any atom is -0.493 e. The fourth-order valence-electron chi connectivity index (χ4n) is 5.78. The number of ether oxygens (including phenoxy) is 2. The first-order chi connectivity index (χ1) is 19.5. The van der Waals surface area contributed by atoms with E-state index in [0.29, 0.717) is 44.5 Å². The molecule has 214 valence electrons. The molecule has 1 atom stereocenters. The van der Waals surface area contributed by atoms with Crippen LogP contribution in [0.2, 0.25) is 0 Å². The minimum absolute atomic E-state index is 0.0739. The van der Waals surface area contributed by atoms with Crippen molar-refractivity contribution in [2.45, 2.75) is 52.4 Å². The van der Waals surface area contributed by atoms with E-state index in [1.165, 1.54) is 16.7 Å². The minimum atomic E-state index is -0.180. The summed E-state index contributed by atoms with van der Waals surface area (Å²) in [6.07, 6.45) is 1.63. The van der Waals surface area contributed by atoms with Gasteiger partial charge in [0.15, 0.2) is 0 Å². The number of anilines is 1. The highest BCUT2D eigenvalue weighted by molar-refractivity contribution is 5.78. The number of β-amino-alcohol motifs (C(OH)–C–C–N with tert-alkyl or cyclic N) is 1. The maximum Gasteiger partial charge on any atom is 0.221 e. The summed E-state index contributed by atoms with van der Waals surface area (Å²) in [6.45, 7) is 10.1. The van der Waals surface area contributed by atoms with Crippen molar-refractivity contribution in [1.82, 2.24) is 20.2 Å². The Morgan fingerprint density at radius 1 is 1.05 bits per heavy atom. The van der Waals surface area contributed by atoms with Crippen molar-refractivity contribution in [3.05, 3.63) is 64.6 Å². The topological polar surface area (TPSA) is 103 Å². The first-order valence-corrected chi connectivity index (χ1v) is 14.2. The third kappa shape index (κ3) is 6.23. The monoisotopic (exact) mass is 547 g/mol. The number of nitrogens with zero attached hydrogens (tertiary/aromatic N) is 4. The van der Waals surface area contributed by atoms with Gasteiger partial charge in [-0.1, -0.05) is 24.3 Å². The van der Waals surface area contributed by atoms with Crippen LogP contribution in [0.4, 0.5) is 5.69 Å². The second-order valence-electron chi connectivity index (χ2n) is 10.7. The third-order valence-electron chi connectivity index (χ3n) is 7.90. The molecule has 0 saturated carbocycles. The van der Waals surface area contributed by atoms with Gasteiger partial charge in [0.25, 0.3) is 0 Å². The van der Waals surface area contributed by atoms with E-state index in [4.69, 9.17) is 19.6 Å². The SMILES string of the molecule is COc1nc(CNCCO)nc2c1CN(c1cccc(-c3cccc(OCCCN4CCC(O)C4)c3C)c1C)C2. The van der Waals surface area contributed by atoms with Gasteiger partial charge in [-0.3, -0.25) is 0 Å². The average molecular weight is 548 g/mol. The number of aliphatic hydroxyl groups is 2. The van der Waals surface area contributed by atoms with Crippen LogP contribution in [0.15, 0.2) is 36.4 Å². The van der Waals surface area contributed by atoms with E-state index < -0.39 is 0 Å². The number of fused-ring (bicyclic) bond motifs is 1. The third-order valence-corrected chi connectivity index (χ3v) is 7.90. The van der Waals surface area contributed by atoms with E-state index in [2.05, 4.69) is 64.3 Å². The van der Waals surface area contributed by atoms with E-state index in [1.54, 1.807) is 7.11 Å². The molecule has 5 rings (SSSR count). The highest BCUT2D eigenvalue weighted by atomic mass is 16.5. The van der Waals surface area contributed by atoms with Crippen LogP contribution in [0.1, 0.15) is 41.1 Å². The summed E-state index contributed by atoms with van der Waals surface area (Å²) in [6, 6.07) is 12.7. The number of hydrogen-bond donors (Lipinski definition) is 3. The summed E-state index contributed by atoms with van der Waals surface area (Å²) in [4.78, 5) is 14.0. The molecule has 2 aliphatic heterocycles. The number of hydrogen-bond acceptors (Lipinski definition) is 9. The summed E-state index contributed by atoms with van der Waals surface area (Å²) >= 11 is 0. The Hall–Kier alpha value is -3.24. The van der Waals surface area contributed by atoms with Crippen molar-refractivity contribution in [3.63, 3.8) is 0 Å². The molecule has 9 heteroatoms. The van der Waals surface area contributed by atoms with Crippen LogP contribution in [0, 0.1) is 13.8 Å². The van der Waals surface area contributed by atoms with Crippen LogP contribution < -0.4 is 19.7 Å². The lowest BCUT2D eigenvalue weighted by atomic mass is 9.95. The maximum atomic E-state index is 9.74. The molecule has 1 aromatic heterocycles. The van der Waals surface area contributed by atoms with Crippen LogP contribution in [0.3, 0.4) is 0 Å². The summed E-state index contributed by atoms with van der Waals surface area (Å²) in [5.41, 5.74) is 7.87. The molecule has 40 heavy (non-hydrogen) atoms. The normalized spacial score (nSPS) is 16.9. The van der Waals surface area contributed by atoms with Crippen LogP contribution in [-0.4, -0.2) is 77.7 Å². The Bertz CT molecular complexity index is 1320. The zero-order chi connectivity index (χ0) is 28.1. The van der Waals surface area contributed by atoms with E-state index in [9.17, 15) is 5.11 Å². The van der Waals surface area contributed by atoms with Crippen molar-refractivity contribution in [1.29, 1.82) is 0 Å². The number of aliphatic hydroxyl groups excluding tert-OH is 2. The molecule has 1 saturated heterocycles. The summed E-state index contributed by atoms with van der Waals surface area (Å²) in [7, 11) is 1.65. The van der Waals surface area contributed by atoms with Gasteiger partial charge in [0, 0.05) is 31.9 Å². The molecule has 2 aromatic carbocycles. The fourth-order valence-corrected chi connectivity index (χ4v) is 5.78. The van der Waals surface area contributed by atoms with Crippen LogP contribution in [0.25, 0.3) is 11.1 Å². The zero-order valence-corrected chi connectivity index (χ0v) is 23.8. The number of likely N-dealkylation sites (tertiary alicyclic amines) is 1. The van der Waals surface area contributed by atoms with Gasteiger partial charge in [0.05, 0.1) is 57.3 Å². The van der Waals surface area contributed by atoms with Gasteiger partial charge < -0.3 is 34.8 Å². The first-order valence-electron chi connectivity index (χ1n) is 14.2. The Morgan fingerprint density at radius 2 is 1.85 bits per heavy atom. The highest BCUT2D eigenvalue weighted by Gasteiger charge is 2.28. The molecule has 2 aliphatic rings. The zero-order valence-electron chi connectivity index (χ0n) is 23.8. The van der Waals surface area contributed by atoms with Gasteiger partial charge in [-0.25, -0.2) is 4.98 Å². The summed E-state index contributed by atoms with van der Waals surface area (Å²) < 4.78 is 11.9. The molecule has 0 spiro atoms. The lowest BCUT2D eigenvalue weighted by molar-refractivity contribution is 0.173. The Labute approximate surface area is 236 Å². The van der Waals surface area contributed by atoms with Gasteiger partial charge in [0.2, 0.25) is 5.88 Å². The predicted octanol–water partition coefficient (Wildman–Crippen LogP) is 3.21. The second kappa shape index (κ2) is 13.0. The Morgan fingerprint density at radius 3 is 2.60 bits per heavy atom. The number of benzene rings is 2. The van der Waals surface area contributed by atoms with Gasteiger partial charge in [0.1, 0.15) is 11.6 Å². The molecule has 0 radical (unpaired) electrons. The van der Waals surface area contributed by atoms with E-state index >= 15 is 0 Å². The largest absolute Gasteiger partial charge is 0.493 e. The lowest BCUT2D eigenvalue weighted by Crippen LogP contribution is -2.24. The molecule has 1 unspecified atom stereocenters. The first kappa shape index (κ1) is 28.3. The summed E-state index contributed by atoms with van der Waals surface area (Å²) in [5.74, 6) is 2.20. The van der Waals surface area contributed by atoms with Gasteiger partial charge in [-0.15, -0.1) is 0 Å². The van der Waals surface area contributed by atoms with E-state index in [0.717, 1.165) is 60.7 Å². The molecule has 1 fully saturated rings. The molecule has 0 aliphatic carbocycles. The van der Waals surface area contributed by atoms with E-state index in [-0.39, 0.29) is 12.7 Å². The standard InChI is InChI=1S/C31H41N5O4/c1-21-24(25-8-5-10-29(22(25)2)40-16-6-13-35-14-11-23(38)18-35)7-4-9-28(21)36-19-26-27(20-36)33-30(17-32-12-15-37)34-31(26)39-3/h4-5,7-10,23,32,37-38H,6,11-20H2,1-3H3. The number of aromatic nitrogens is 2. The molecule has 3 heterocycles. The highest BCUT2D eigenvalue weighted by Crippen LogP contribution is 2.39. The van der Waals surface area contributed by atoms with Crippen LogP contribution >= 0.6 is 0 Å². The number of nitrogens with one attached hydrogen (secondary N) is 1. The molecular weight excluding hydrogens is 506 g/mol. The maximum absolute atomic E-state index is 9.74. The van der Waals surface area contributed by atoms with Crippen molar-refractivity contribution >= 4 is 5.69 Å². The van der Waals surface area contributed by atoms with Gasteiger partial charge in [-0.2, -0.15) is 4.98 Å². The smallest absolute Gasteiger partial charge is 0.221 e. The predicted molar refractivity (Wildman–Crippen MR) is 156 cm³/mol. The Kier molecular flexibility index (Phi) is 9.16. The molecule has 0 bridgehead atoms. The van der Waals surface area contributed by atoms with Crippen molar-refractivity contribution < 1.29 is 19.7 Å². The molecule has 0 amide bonds. The Balaban J connectivity index is 1.30. The second-order valence-corrected chi connectivity index (χ2v) is 10.7. The summed E-state index contributed by atoms with van der Waals surface area (Å²) in [5, 5.41) is 22.0.